The van der Waals surface area contributed by atoms with E-state index in [1.165, 1.54) is 12.1 Å². The van der Waals surface area contributed by atoms with E-state index in [9.17, 15) is 36.2 Å². The third-order valence-corrected chi connectivity index (χ3v) is 6.32. The minimum atomic E-state index is -5.08. The van der Waals surface area contributed by atoms with Crippen LogP contribution in [0, 0.1) is 11.2 Å². The molecule has 0 saturated carbocycles. The van der Waals surface area contributed by atoms with Crippen molar-refractivity contribution in [1.29, 1.82) is 5.41 Å². The van der Waals surface area contributed by atoms with Gasteiger partial charge >= 0.3 is 30.3 Å². The Morgan fingerprint density at radius 3 is 1.96 bits per heavy atom. The number of nitrogens with zero attached hydrogens (tertiary/aromatic N) is 1. The number of carbonyl (C=O) groups is 3. The molecule has 1 unspecified atom stereocenters. The summed E-state index contributed by atoms with van der Waals surface area (Å²) < 4.78 is 90.9. The van der Waals surface area contributed by atoms with E-state index in [0.29, 0.717) is 40.7 Å². The standard InChI is InChI=1S/C29H30FN5O4.2C2HF3O2/c1-4-38-19-13-22(25(30)24(14-19)39-16(2)3)26(34-18-11-9-17(10-12-18)27(31)32)28-33-15-23(35-28)20-7-5-6-8-21(20)29(36)37;2*3-2(4,5)1(6)7/h5-16,26,34H,4H2,1-3H3,(H3,31,32)(H,33,35)(H,36,37);2*(H,6,7). The van der Waals surface area contributed by atoms with Crippen molar-refractivity contribution in [2.24, 2.45) is 5.73 Å². The first-order valence-electron chi connectivity index (χ1n) is 14.9. The van der Waals surface area contributed by atoms with Crippen molar-refractivity contribution in [1.82, 2.24) is 9.97 Å². The number of nitrogens with one attached hydrogen (secondary N) is 3. The largest absolute Gasteiger partial charge is 0.494 e. The number of amidine groups is 1. The summed E-state index contributed by atoms with van der Waals surface area (Å²) in [4.78, 5) is 37.3. The molecule has 3 aromatic carbocycles. The lowest BCUT2D eigenvalue weighted by molar-refractivity contribution is -0.193. The van der Waals surface area contributed by atoms with E-state index >= 15 is 4.39 Å². The first-order chi connectivity index (χ1) is 24.6. The van der Waals surface area contributed by atoms with E-state index in [1.54, 1.807) is 68.6 Å². The summed E-state index contributed by atoms with van der Waals surface area (Å²) in [5.41, 5.74) is 7.86. The van der Waals surface area contributed by atoms with Crippen LogP contribution in [0.5, 0.6) is 11.5 Å². The highest BCUT2D eigenvalue weighted by Crippen LogP contribution is 2.36. The van der Waals surface area contributed by atoms with Crippen molar-refractivity contribution in [2.75, 3.05) is 11.9 Å². The van der Waals surface area contributed by atoms with Crippen molar-refractivity contribution in [3.8, 4) is 22.8 Å². The molecular weight excluding hydrogens is 727 g/mol. The quantitative estimate of drug-likeness (QED) is 0.0476. The predicted molar refractivity (Wildman–Crippen MR) is 175 cm³/mol. The number of aromatic amines is 1. The maximum Gasteiger partial charge on any atom is 0.490 e. The van der Waals surface area contributed by atoms with Crippen molar-refractivity contribution in [2.45, 2.75) is 45.3 Å². The Hall–Kier alpha value is -6.34. The van der Waals surface area contributed by atoms with Crippen molar-refractivity contribution >= 4 is 29.4 Å². The Kier molecular flexibility index (Phi) is 14.7. The zero-order valence-electron chi connectivity index (χ0n) is 27.8. The van der Waals surface area contributed by atoms with Crippen LogP contribution in [-0.2, 0) is 9.59 Å². The number of nitrogen functional groups attached to an aromatic ring is 1. The van der Waals surface area contributed by atoms with Crippen LogP contribution < -0.4 is 20.5 Å². The average Bonchev–Trinajstić information content (AvgIpc) is 3.55. The maximum absolute atomic E-state index is 16.0. The smallest absolute Gasteiger partial charge is 0.490 e. The van der Waals surface area contributed by atoms with Crippen LogP contribution >= 0.6 is 0 Å². The number of anilines is 1. The van der Waals surface area contributed by atoms with Crippen molar-refractivity contribution in [3.05, 3.63) is 95.2 Å². The maximum atomic E-state index is 16.0. The number of aromatic nitrogens is 2. The van der Waals surface area contributed by atoms with E-state index in [1.807, 2.05) is 6.92 Å². The molecule has 4 aromatic rings. The Bertz CT molecular complexity index is 1870. The fourth-order valence-electron chi connectivity index (χ4n) is 4.11. The molecule has 20 heteroatoms. The second-order valence-corrected chi connectivity index (χ2v) is 10.6. The third-order valence-electron chi connectivity index (χ3n) is 6.32. The van der Waals surface area contributed by atoms with Gasteiger partial charge in [-0.05, 0) is 57.2 Å². The predicted octanol–water partition coefficient (Wildman–Crippen LogP) is 6.85. The van der Waals surface area contributed by atoms with Gasteiger partial charge in [0.05, 0.1) is 24.0 Å². The molecule has 1 atom stereocenters. The lowest BCUT2D eigenvalue weighted by Crippen LogP contribution is -2.21. The van der Waals surface area contributed by atoms with Crippen LogP contribution in [-0.4, -0.2) is 74.1 Å². The summed E-state index contributed by atoms with van der Waals surface area (Å²) >= 11 is 0. The van der Waals surface area contributed by atoms with Gasteiger partial charge in [-0.1, -0.05) is 18.2 Å². The Labute approximate surface area is 295 Å². The molecule has 286 valence electrons. The Morgan fingerprint density at radius 1 is 0.943 bits per heavy atom. The molecule has 1 aromatic heterocycles. The molecule has 1 heterocycles. The lowest BCUT2D eigenvalue weighted by atomic mass is 10.0. The molecule has 0 bridgehead atoms. The van der Waals surface area contributed by atoms with Crippen molar-refractivity contribution < 1.29 is 69.9 Å². The molecule has 13 nitrogen and oxygen atoms in total. The molecule has 0 spiro atoms. The normalized spacial score (nSPS) is 11.6. The molecule has 0 saturated heterocycles. The number of hydrogen-bond donors (Lipinski definition) is 7. The number of carboxylic acids is 3. The summed E-state index contributed by atoms with van der Waals surface area (Å²) in [5, 5.41) is 34.8. The second kappa shape index (κ2) is 18.2. The molecule has 53 heavy (non-hydrogen) atoms. The van der Waals surface area contributed by atoms with Crippen LogP contribution in [0.15, 0.2) is 66.9 Å². The number of ether oxygens (including phenoxy) is 2. The van der Waals surface area contributed by atoms with Crippen LogP contribution in [0.25, 0.3) is 11.3 Å². The summed E-state index contributed by atoms with van der Waals surface area (Å²) in [6.45, 7) is 5.81. The number of nitrogens with two attached hydrogens (primary N) is 1. The van der Waals surface area contributed by atoms with Gasteiger partial charge in [-0.25, -0.2) is 23.8 Å². The molecule has 0 aliphatic carbocycles. The van der Waals surface area contributed by atoms with Crippen molar-refractivity contribution in [3.63, 3.8) is 0 Å². The monoisotopic (exact) mass is 759 g/mol. The van der Waals surface area contributed by atoms with Gasteiger partial charge in [-0.15, -0.1) is 0 Å². The number of aromatic carboxylic acids is 1. The van der Waals surface area contributed by atoms with E-state index in [2.05, 4.69) is 15.3 Å². The number of benzene rings is 3. The zero-order valence-corrected chi connectivity index (χ0v) is 27.8. The highest BCUT2D eigenvalue weighted by molar-refractivity contribution is 5.96. The number of carboxylic acid groups (broad SMARTS) is 3. The third kappa shape index (κ3) is 12.7. The minimum Gasteiger partial charge on any atom is -0.494 e. The molecule has 0 amide bonds. The molecule has 0 aliphatic heterocycles. The number of hydrogen-bond acceptors (Lipinski definition) is 8. The fourth-order valence-corrected chi connectivity index (χ4v) is 4.11. The van der Waals surface area contributed by atoms with E-state index in [0.717, 1.165) is 0 Å². The topological polar surface area (TPSA) is 221 Å². The van der Waals surface area contributed by atoms with Crippen LogP contribution in [0.2, 0.25) is 0 Å². The number of H-pyrrole nitrogens is 1. The van der Waals surface area contributed by atoms with E-state index < -0.39 is 42.1 Å². The summed E-state index contributed by atoms with van der Waals surface area (Å²) in [6, 6.07) is 15.6. The highest BCUT2D eigenvalue weighted by Gasteiger charge is 2.39. The molecule has 0 aliphatic rings. The summed E-state index contributed by atoms with van der Waals surface area (Å²) in [6.07, 6.45) is -8.86. The number of rotatable bonds is 11. The summed E-state index contributed by atoms with van der Waals surface area (Å²) in [7, 11) is 0. The first kappa shape index (κ1) is 42.8. The van der Waals surface area contributed by atoms with Crippen LogP contribution in [0.4, 0.5) is 36.4 Å². The average molecular weight is 760 g/mol. The number of aliphatic carboxylic acids is 2. The van der Waals surface area contributed by atoms with Crippen LogP contribution in [0.3, 0.4) is 0 Å². The van der Waals surface area contributed by atoms with E-state index in [-0.39, 0.29) is 28.8 Å². The molecule has 4 rings (SSSR count). The second-order valence-electron chi connectivity index (χ2n) is 10.6. The lowest BCUT2D eigenvalue weighted by Gasteiger charge is -2.22. The Balaban J connectivity index is 0.000000587. The van der Waals surface area contributed by atoms with Gasteiger partial charge in [0.1, 0.15) is 23.5 Å². The van der Waals surface area contributed by atoms with E-state index in [4.69, 9.17) is 40.4 Å². The molecule has 8 N–H and O–H groups in total. The van der Waals surface area contributed by atoms with Crippen LogP contribution in [0.1, 0.15) is 54.1 Å². The summed E-state index contributed by atoms with van der Waals surface area (Å²) in [5.74, 6) is -6.46. The van der Waals surface area contributed by atoms with Gasteiger partial charge in [-0.2, -0.15) is 26.3 Å². The van der Waals surface area contributed by atoms with Gasteiger partial charge < -0.3 is 40.8 Å². The molecule has 0 radical (unpaired) electrons. The number of halogens is 7. The Morgan fingerprint density at radius 2 is 1.49 bits per heavy atom. The molecular formula is C33H32F7N5O8. The number of imidazole rings is 1. The van der Waals surface area contributed by atoms with Gasteiger partial charge in [0.15, 0.2) is 11.6 Å². The minimum absolute atomic E-state index is 0.0349. The number of alkyl halides is 6. The van der Waals surface area contributed by atoms with Gasteiger partial charge in [0.25, 0.3) is 0 Å². The SMILES string of the molecule is CCOc1cc(OC(C)C)c(F)c(C(Nc2ccc(C(=N)N)cc2)c2nc(-c3ccccc3C(=O)O)c[nH]2)c1.O=C(O)C(F)(F)F.O=C(O)C(F)(F)F. The van der Waals surface area contributed by atoms with Gasteiger partial charge in [0.2, 0.25) is 0 Å². The van der Waals surface area contributed by atoms with Gasteiger partial charge in [-0.3, -0.25) is 5.41 Å². The highest BCUT2D eigenvalue weighted by atomic mass is 19.4. The zero-order chi connectivity index (χ0) is 40.3. The fraction of sp³-hybridized carbons (Fsp3) is 0.242. The first-order valence-corrected chi connectivity index (χ1v) is 14.9. The molecule has 0 fully saturated rings. The van der Waals surface area contributed by atoms with Gasteiger partial charge in [0, 0.05) is 34.6 Å².